The topological polar surface area (TPSA) is 57.3 Å². The molecule has 2 aliphatic rings. The Balaban J connectivity index is 1.45. The molecule has 1 aromatic carbocycles. The van der Waals surface area contributed by atoms with Gasteiger partial charge in [0.15, 0.2) is 0 Å². The van der Waals surface area contributed by atoms with Gasteiger partial charge in [-0.15, -0.1) is 0 Å². The first-order valence-corrected chi connectivity index (χ1v) is 10.5. The van der Waals surface area contributed by atoms with Crippen molar-refractivity contribution >= 4 is 5.91 Å². The average Bonchev–Trinajstić information content (AvgIpc) is 3.28. The standard InChI is InChI=1S/C23H30N4O/c28-22(17-27-14-13-25-16-21(27)20-11-6-12-24-15-20)26-23(19-9-4-5-10-19)18-7-2-1-3-8-18/h1-3,6-8,11-12,15,19,21,23,25H,4-5,9-10,13-14,16-17H2,(H,26,28). The zero-order valence-corrected chi connectivity index (χ0v) is 16.4. The van der Waals surface area contributed by atoms with Gasteiger partial charge in [0.25, 0.3) is 0 Å². The Labute approximate surface area is 167 Å². The fourth-order valence-electron chi connectivity index (χ4n) is 4.67. The van der Waals surface area contributed by atoms with Crippen LogP contribution in [-0.2, 0) is 4.79 Å². The lowest BCUT2D eigenvalue weighted by Gasteiger charge is -2.36. The van der Waals surface area contributed by atoms with Crippen LogP contribution >= 0.6 is 0 Å². The van der Waals surface area contributed by atoms with E-state index in [2.05, 4.69) is 50.8 Å². The molecule has 1 aliphatic heterocycles. The lowest BCUT2D eigenvalue weighted by Crippen LogP contribution is -2.50. The number of hydrogen-bond donors (Lipinski definition) is 2. The van der Waals surface area contributed by atoms with E-state index in [-0.39, 0.29) is 18.0 Å². The Kier molecular flexibility index (Phi) is 6.34. The van der Waals surface area contributed by atoms with Gasteiger partial charge in [-0.25, -0.2) is 0 Å². The maximum Gasteiger partial charge on any atom is 0.234 e. The van der Waals surface area contributed by atoms with Crippen LogP contribution in [0.5, 0.6) is 0 Å². The molecule has 0 radical (unpaired) electrons. The lowest BCUT2D eigenvalue weighted by molar-refractivity contribution is -0.124. The van der Waals surface area contributed by atoms with Crippen LogP contribution in [-0.4, -0.2) is 42.0 Å². The molecule has 28 heavy (non-hydrogen) atoms. The summed E-state index contributed by atoms with van der Waals surface area (Å²) in [5, 5.41) is 6.82. The fraction of sp³-hybridized carbons (Fsp3) is 0.478. The third-order valence-electron chi connectivity index (χ3n) is 6.12. The fourth-order valence-corrected chi connectivity index (χ4v) is 4.67. The van der Waals surface area contributed by atoms with Crippen LogP contribution in [0.2, 0.25) is 0 Å². The van der Waals surface area contributed by atoms with Crippen molar-refractivity contribution in [2.24, 2.45) is 5.92 Å². The third-order valence-corrected chi connectivity index (χ3v) is 6.12. The molecule has 0 bridgehead atoms. The molecule has 1 aromatic heterocycles. The number of benzene rings is 1. The molecular weight excluding hydrogens is 348 g/mol. The molecule has 5 nitrogen and oxygen atoms in total. The summed E-state index contributed by atoms with van der Waals surface area (Å²) >= 11 is 0. The first kappa shape index (κ1) is 19.1. The van der Waals surface area contributed by atoms with E-state index in [1.54, 1.807) is 6.20 Å². The summed E-state index contributed by atoms with van der Waals surface area (Å²) in [6, 6.07) is 14.8. The smallest absolute Gasteiger partial charge is 0.234 e. The Bertz CT molecular complexity index is 746. The molecule has 0 spiro atoms. The van der Waals surface area contributed by atoms with Crippen molar-refractivity contribution in [2.45, 2.75) is 37.8 Å². The van der Waals surface area contributed by atoms with Crippen LogP contribution in [0.15, 0.2) is 54.9 Å². The van der Waals surface area contributed by atoms with Crippen molar-refractivity contribution in [3.63, 3.8) is 0 Å². The van der Waals surface area contributed by atoms with E-state index in [9.17, 15) is 4.79 Å². The number of nitrogens with one attached hydrogen (secondary N) is 2. The van der Waals surface area contributed by atoms with Crippen LogP contribution in [0.25, 0.3) is 0 Å². The van der Waals surface area contributed by atoms with E-state index >= 15 is 0 Å². The van der Waals surface area contributed by atoms with Gasteiger partial charge in [0.1, 0.15) is 0 Å². The van der Waals surface area contributed by atoms with Gasteiger partial charge < -0.3 is 10.6 Å². The highest BCUT2D eigenvalue weighted by Crippen LogP contribution is 2.35. The molecule has 2 atom stereocenters. The van der Waals surface area contributed by atoms with E-state index in [0.29, 0.717) is 12.5 Å². The summed E-state index contributed by atoms with van der Waals surface area (Å²) in [4.78, 5) is 19.6. The minimum Gasteiger partial charge on any atom is -0.348 e. The van der Waals surface area contributed by atoms with Crippen molar-refractivity contribution < 1.29 is 4.79 Å². The van der Waals surface area contributed by atoms with E-state index < -0.39 is 0 Å². The first-order valence-electron chi connectivity index (χ1n) is 10.5. The third kappa shape index (κ3) is 4.59. The molecule has 2 N–H and O–H groups in total. The van der Waals surface area contributed by atoms with Crippen LogP contribution in [0, 0.1) is 5.92 Å². The van der Waals surface area contributed by atoms with E-state index in [0.717, 1.165) is 25.2 Å². The van der Waals surface area contributed by atoms with Gasteiger partial charge in [-0.3, -0.25) is 14.7 Å². The van der Waals surface area contributed by atoms with Crippen molar-refractivity contribution in [3.8, 4) is 0 Å². The second-order valence-corrected chi connectivity index (χ2v) is 7.98. The Morgan fingerprint density at radius 3 is 2.75 bits per heavy atom. The highest BCUT2D eigenvalue weighted by Gasteiger charge is 2.30. The molecular formula is C23H30N4O. The number of piperazine rings is 1. The van der Waals surface area contributed by atoms with E-state index in [1.807, 2.05) is 18.3 Å². The quantitative estimate of drug-likeness (QED) is 0.811. The molecule has 1 saturated carbocycles. The number of pyridine rings is 1. The minimum atomic E-state index is 0.121. The van der Waals surface area contributed by atoms with Crippen molar-refractivity contribution in [3.05, 3.63) is 66.0 Å². The average molecular weight is 379 g/mol. The Morgan fingerprint density at radius 2 is 2.00 bits per heavy atom. The van der Waals surface area contributed by atoms with Gasteiger partial charge in [-0.05, 0) is 36.0 Å². The number of amides is 1. The van der Waals surface area contributed by atoms with E-state index in [4.69, 9.17) is 0 Å². The normalized spacial score (nSPS) is 22.1. The summed E-state index contributed by atoms with van der Waals surface area (Å²) in [6.45, 7) is 3.06. The Hall–Kier alpha value is -2.24. The molecule has 2 unspecified atom stereocenters. The zero-order chi connectivity index (χ0) is 19.2. The molecule has 1 saturated heterocycles. The summed E-state index contributed by atoms with van der Waals surface area (Å²) in [5.74, 6) is 0.667. The molecule has 148 valence electrons. The number of hydrogen-bond acceptors (Lipinski definition) is 4. The summed E-state index contributed by atoms with van der Waals surface area (Å²) < 4.78 is 0. The second kappa shape index (κ2) is 9.30. The van der Waals surface area contributed by atoms with Gasteiger partial charge in [0.2, 0.25) is 5.91 Å². The van der Waals surface area contributed by atoms with Gasteiger partial charge in [-0.2, -0.15) is 0 Å². The highest BCUT2D eigenvalue weighted by molar-refractivity contribution is 5.78. The largest absolute Gasteiger partial charge is 0.348 e. The van der Waals surface area contributed by atoms with Crippen molar-refractivity contribution in [1.29, 1.82) is 0 Å². The van der Waals surface area contributed by atoms with Gasteiger partial charge >= 0.3 is 0 Å². The van der Waals surface area contributed by atoms with Crippen molar-refractivity contribution in [1.82, 2.24) is 20.5 Å². The van der Waals surface area contributed by atoms with Crippen LogP contribution < -0.4 is 10.6 Å². The summed E-state index contributed by atoms with van der Waals surface area (Å²) in [7, 11) is 0. The monoisotopic (exact) mass is 378 g/mol. The first-order chi connectivity index (χ1) is 13.8. The van der Waals surface area contributed by atoms with Gasteiger partial charge in [0, 0.05) is 38.1 Å². The van der Waals surface area contributed by atoms with Crippen molar-refractivity contribution in [2.75, 3.05) is 26.2 Å². The second-order valence-electron chi connectivity index (χ2n) is 7.98. The lowest BCUT2D eigenvalue weighted by atomic mass is 9.91. The minimum absolute atomic E-state index is 0.121. The summed E-state index contributed by atoms with van der Waals surface area (Å²) in [6.07, 6.45) is 8.64. The van der Waals surface area contributed by atoms with Gasteiger partial charge in [0.05, 0.1) is 12.6 Å². The summed E-state index contributed by atoms with van der Waals surface area (Å²) in [5.41, 5.74) is 2.39. The predicted octanol–water partition coefficient (Wildman–Crippen LogP) is 3.08. The molecule has 5 heteroatoms. The maximum atomic E-state index is 13.0. The molecule has 2 heterocycles. The highest BCUT2D eigenvalue weighted by atomic mass is 16.2. The number of rotatable bonds is 6. The molecule has 2 aromatic rings. The number of aromatic nitrogens is 1. The molecule has 2 fully saturated rings. The van der Waals surface area contributed by atoms with Crippen LogP contribution in [0.4, 0.5) is 0 Å². The van der Waals surface area contributed by atoms with Crippen LogP contribution in [0.1, 0.15) is 48.9 Å². The predicted molar refractivity (Wildman–Crippen MR) is 111 cm³/mol. The maximum absolute atomic E-state index is 13.0. The molecule has 4 rings (SSSR count). The number of nitrogens with zero attached hydrogens (tertiary/aromatic N) is 2. The SMILES string of the molecule is O=C(CN1CCNCC1c1cccnc1)NC(c1ccccc1)C1CCCC1. The van der Waals surface area contributed by atoms with E-state index in [1.165, 1.54) is 31.2 Å². The number of carbonyl (C=O) groups excluding carboxylic acids is 1. The molecule has 1 aliphatic carbocycles. The zero-order valence-electron chi connectivity index (χ0n) is 16.4. The molecule has 1 amide bonds. The van der Waals surface area contributed by atoms with Gasteiger partial charge in [-0.1, -0.05) is 49.2 Å². The number of carbonyl (C=O) groups is 1. The Morgan fingerprint density at radius 1 is 1.18 bits per heavy atom. The van der Waals surface area contributed by atoms with Crippen LogP contribution in [0.3, 0.4) is 0 Å².